The number of thiophene rings is 1. The lowest BCUT2D eigenvalue weighted by molar-refractivity contribution is 1.71. The SMILES string of the molecule is Clc1cccc2c1sc1cccc(-c3cccc4ccccc34)c12. The molecule has 0 fully saturated rings. The van der Waals surface area contributed by atoms with Crippen LogP contribution in [0.1, 0.15) is 0 Å². The molecule has 0 N–H and O–H groups in total. The van der Waals surface area contributed by atoms with Crippen molar-refractivity contribution in [2.75, 3.05) is 0 Å². The quantitative estimate of drug-likeness (QED) is 0.295. The minimum Gasteiger partial charge on any atom is -0.134 e. The molecule has 0 aliphatic carbocycles. The summed E-state index contributed by atoms with van der Waals surface area (Å²) < 4.78 is 2.45. The van der Waals surface area contributed by atoms with Gasteiger partial charge in [-0.2, -0.15) is 0 Å². The first kappa shape index (κ1) is 14.0. The van der Waals surface area contributed by atoms with E-state index in [1.54, 1.807) is 11.3 Å². The van der Waals surface area contributed by atoms with Crippen LogP contribution in [0.2, 0.25) is 5.02 Å². The van der Waals surface area contributed by atoms with Crippen molar-refractivity contribution in [2.45, 2.75) is 0 Å². The van der Waals surface area contributed by atoms with Gasteiger partial charge in [0.2, 0.25) is 0 Å². The van der Waals surface area contributed by atoms with Gasteiger partial charge in [-0.1, -0.05) is 78.3 Å². The second-order valence-corrected chi connectivity index (χ2v) is 7.38. The Hall–Kier alpha value is -2.35. The normalized spacial score (nSPS) is 11.5. The summed E-state index contributed by atoms with van der Waals surface area (Å²) in [6.07, 6.45) is 0. The van der Waals surface area contributed by atoms with Crippen LogP contribution in [0, 0.1) is 0 Å². The largest absolute Gasteiger partial charge is 0.134 e. The Morgan fingerprint density at radius 3 is 2.29 bits per heavy atom. The molecule has 0 bridgehead atoms. The lowest BCUT2D eigenvalue weighted by Gasteiger charge is -2.09. The van der Waals surface area contributed by atoms with E-state index in [4.69, 9.17) is 11.6 Å². The van der Waals surface area contributed by atoms with Crippen molar-refractivity contribution in [3.8, 4) is 11.1 Å². The van der Waals surface area contributed by atoms with E-state index in [1.807, 2.05) is 12.1 Å². The average Bonchev–Trinajstić information content (AvgIpc) is 3.02. The Morgan fingerprint density at radius 2 is 1.33 bits per heavy atom. The third-order valence-corrected chi connectivity index (χ3v) is 6.19. The Bertz CT molecular complexity index is 1210. The van der Waals surface area contributed by atoms with Crippen LogP contribution in [0.25, 0.3) is 42.1 Å². The third kappa shape index (κ3) is 1.99. The lowest BCUT2D eigenvalue weighted by atomic mass is 9.95. The number of benzene rings is 4. The van der Waals surface area contributed by atoms with E-state index in [9.17, 15) is 0 Å². The summed E-state index contributed by atoms with van der Waals surface area (Å²) in [5, 5.41) is 5.93. The van der Waals surface area contributed by atoms with Crippen molar-refractivity contribution in [1.29, 1.82) is 0 Å². The average molecular weight is 345 g/mol. The fourth-order valence-corrected chi connectivity index (χ4v) is 4.92. The molecule has 0 unspecified atom stereocenters. The molecule has 24 heavy (non-hydrogen) atoms. The minimum absolute atomic E-state index is 0.831. The molecule has 0 spiro atoms. The van der Waals surface area contributed by atoms with Gasteiger partial charge in [-0.15, -0.1) is 11.3 Å². The third-order valence-electron chi connectivity index (χ3n) is 4.55. The first-order valence-electron chi connectivity index (χ1n) is 7.91. The highest BCUT2D eigenvalue weighted by Gasteiger charge is 2.13. The van der Waals surface area contributed by atoms with Gasteiger partial charge in [0.15, 0.2) is 0 Å². The summed E-state index contributed by atoms with van der Waals surface area (Å²) in [4.78, 5) is 0. The van der Waals surface area contributed by atoms with E-state index in [0.29, 0.717) is 0 Å². The molecule has 0 radical (unpaired) electrons. The first-order chi connectivity index (χ1) is 11.8. The van der Waals surface area contributed by atoms with Crippen LogP contribution in [0.4, 0.5) is 0 Å². The Morgan fingerprint density at radius 1 is 0.625 bits per heavy atom. The highest BCUT2D eigenvalue weighted by Crippen LogP contribution is 2.43. The van der Waals surface area contributed by atoms with E-state index in [1.165, 1.54) is 42.1 Å². The molecule has 4 aromatic carbocycles. The fourth-order valence-electron chi connectivity index (χ4n) is 3.50. The molecule has 0 nitrogen and oxygen atoms in total. The molecule has 5 aromatic rings. The summed E-state index contributed by atoms with van der Waals surface area (Å²) in [7, 11) is 0. The Labute approximate surface area is 148 Å². The van der Waals surface area contributed by atoms with E-state index in [2.05, 4.69) is 66.7 Å². The molecule has 5 rings (SSSR count). The minimum atomic E-state index is 0.831. The highest BCUT2D eigenvalue weighted by molar-refractivity contribution is 7.26. The molecule has 0 amide bonds. The molecule has 0 saturated carbocycles. The summed E-state index contributed by atoms with van der Waals surface area (Å²) in [5.74, 6) is 0. The second-order valence-electron chi connectivity index (χ2n) is 5.92. The predicted octanol–water partition coefficient (Wildman–Crippen LogP) is 7.53. The van der Waals surface area contributed by atoms with Crippen LogP contribution in [0.15, 0.2) is 78.9 Å². The maximum atomic E-state index is 6.43. The molecular weight excluding hydrogens is 332 g/mol. The second kappa shape index (κ2) is 5.34. The molecule has 0 atom stereocenters. The van der Waals surface area contributed by atoms with E-state index < -0.39 is 0 Å². The van der Waals surface area contributed by atoms with Crippen molar-refractivity contribution in [3.63, 3.8) is 0 Å². The van der Waals surface area contributed by atoms with Gasteiger partial charge in [-0.3, -0.25) is 0 Å². The van der Waals surface area contributed by atoms with Crippen LogP contribution >= 0.6 is 22.9 Å². The van der Waals surface area contributed by atoms with Gasteiger partial charge in [-0.05, 0) is 34.0 Å². The molecule has 114 valence electrons. The standard InChI is InChI=1S/C22H13ClS/c23-19-12-4-11-18-21-17(10-5-13-20(21)24-22(18)19)16-9-3-7-14-6-1-2-8-15(14)16/h1-13H. The summed E-state index contributed by atoms with van der Waals surface area (Å²) in [6.45, 7) is 0. The zero-order valence-corrected chi connectivity index (χ0v) is 14.4. The summed E-state index contributed by atoms with van der Waals surface area (Å²) in [6, 6.07) is 27.8. The topological polar surface area (TPSA) is 0 Å². The Balaban J connectivity index is 1.96. The molecule has 2 heteroatoms. The number of rotatable bonds is 1. The molecule has 1 heterocycles. The molecule has 0 saturated heterocycles. The smallest absolute Gasteiger partial charge is 0.0584 e. The van der Waals surface area contributed by atoms with Gasteiger partial charge in [0.05, 0.1) is 9.72 Å². The summed E-state index contributed by atoms with van der Waals surface area (Å²) >= 11 is 8.20. The zero-order valence-electron chi connectivity index (χ0n) is 12.8. The van der Waals surface area contributed by atoms with Crippen LogP contribution in [-0.4, -0.2) is 0 Å². The van der Waals surface area contributed by atoms with Crippen molar-refractivity contribution < 1.29 is 0 Å². The van der Waals surface area contributed by atoms with Gasteiger partial charge in [0, 0.05) is 15.5 Å². The van der Waals surface area contributed by atoms with Gasteiger partial charge in [0.25, 0.3) is 0 Å². The van der Waals surface area contributed by atoms with Gasteiger partial charge >= 0.3 is 0 Å². The molecular formula is C22H13ClS. The van der Waals surface area contributed by atoms with Crippen molar-refractivity contribution in [3.05, 3.63) is 83.9 Å². The van der Waals surface area contributed by atoms with Crippen LogP contribution in [0.5, 0.6) is 0 Å². The fraction of sp³-hybridized carbons (Fsp3) is 0. The Kier molecular flexibility index (Phi) is 3.12. The maximum absolute atomic E-state index is 6.43. The molecule has 1 aromatic heterocycles. The number of hydrogen-bond donors (Lipinski definition) is 0. The van der Waals surface area contributed by atoms with Gasteiger partial charge in [-0.25, -0.2) is 0 Å². The van der Waals surface area contributed by atoms with Gasteiger partial charge in [0.1, 0.15) is 0 Å². The predicted molar refractivity (Wildman–Crippen MR) is 107 cm³/mol. The van der Waals surface area contributed by atoms with E-state index in [-0.39, 0.29) is 0 Å². The zero-order chi connectivity index (χ0) is 16.1. The first-order valence-corrected chi connectivity index (χ1v) is 9.10. The monoisotopic (exact) mass is 344 g/mol. The van der Waals surface area contributed by atoms with Crippen molar-refractivity contribution >= 4 is 53.9 Å². The van der Waals surface area contributed by atoms with Crippen LogP contribution in [-0.2, 0) is 0 Å². The summed E-state index contributed by atoms with van der Waals surface area (Å²) in [5.41, 5.74) is 2.55. The number of halogens is 1. The van der Waals surface area contributed by atoms with E-state index >= 15 is 0 Å². The van der Waals surface area contributed by atoms with Gasteiger partial charge < -0.3 is 0 Å². The maximum Gasteiger partial charge on any atom is 0.0584 e. The van der Waals surface area contributed by atoms with Crippen molar-refractivity contribution in [1.82, 2.24) is 0 Å². The lowest BCUT2D eigenvalue weighted by Crippen LogP contribution is -1.82. The van der Waals surface area contributed by atoms with E-state index in [0.717, 1.165) is 5.02 Å². The number of fused-ring (bicyclic) bond motifs is 4. The van der Waals surface area contributed by atoms with Crippen LogP contribution in [0.3, 0.4) is 0 Å². The molecule has 0 aliphatic heterocycles. The number of hydrogen-bond acceptors (Lipinski definition) is 1. The van der Waals surface area contributed by atoms with Crippen LogP contribution < -0.4 is 0 Å². The molecule has 0 aliphatic rings. The van der Waals surface area contributed by atoms with Crippen molar-refractivity contribution in [2.24, 2.45) is 0 Å². The highest BCUT2D eigenvalue weighted by atomic mass is 35.5.